The molecule has 1 saturated heterocycles. The van der Waals surface area contributed by atoms with Gasteiger partial charge in [-0.05, 0) is 17.9 Å². The molecule has 0 aliphatic carbocycles. The van der Waals surface area contributed by atoms with Gasteiger partial charge in [-0.3, -0.25) is 14.6 Å². The van der Waals surface area contributed by atoms with Gasteiger partial charge in [-0.15, -0.1) is 0 Å². The van der Waals surface area contributed by atoms with Gasteiger partial charge in [0.2, 0.25) is 11.8 Å². The summed E-state index contributed by atoms with van der Waals surface area (Å²) in [5.74, 6) is -0.351. The maximum absolute atomic E-state index is 13.1. The second kappa shape index (κ2) is 13.0. The number of nitrogens with zero attached hydrogens (tertiary/aromatic N) is 3. The van der Waals surface area contributed by atoms with Crippen molar-refractivity contribution in [1.82, 2.24) is 15.1 Å². The van der Waals surface area contributed by atoms with E-state index in [4.69, 9.17) is 9.47 Å². The Kier molecular flexibility index (Phi) is 10.4. The Hall–Kier alpha value is -3.30. The first-order valence-corrected chi connectivity index (χ1v) is 11.9. The molecule has 1 aliphatic rings. The smallest absolute Gasteiger partial charge is 0.407 e. The van der Waals surface area contributed by atoms with Crippen LogP contribution in [-0.4, -0.2) is 78.2 Å². The van der Waals surface area contributed by atoms with E-state index in [9.17, 15) is 19.5 Å². The van der Waals surface area contributed by atoms with Crippen molar-refractivity contribution >= 4 is 24.0 Å². The highest BCUT2D eigenvalue weighted by Crippen LogP contribution is 2.15. The number of nitrogens with one attached hydrogen (secondary N) is 1. The van der Waals surface area contributed by atoms with Crippen molar-refractivity contribution in [2.75, 3.05) is 32.7 Å². The molecule has 0 aromatic heterocycles. The van der Waals surface area contributed by atoms with E-state index in [1.807, 2.05) is 44.2 Å². The van der Waals surface area contributed by atoms with E-state index in [1.165, 1.54) is 0 Å². The summed E-state index contributed by atoms with van der Waals surface area (Å²) in [4.78, 5) is 44.7. The lowest BCUT2D eigenvalue weighted by atomic mass is 10.0. The van der Waals surface area contributed by atoms with E-state index in [-0.39, 0.29) is 30.9 Å². The normalized spacial score (nSPS) is 15.5. The lowest BCUT2D eigenvalue weighted by molar-refractivity contribution is -0.261. The molecule has 10 nitrogen and oxygen atoms in total. The molecule has 0 bridgehead atoms. The number of ether oxygens (including phenoxy) is 2. The average molecular weight is 490 g/mol. The van der Waals surface area contributed by atoms with Crippen LogP contribution in [0.5, 0.6) is 0 Å². The van der Waals surface area contributed by atoms with Gasteiger partial charge in [0.1, 0.15) is 25.3 Å². The number of alkyl carbamates (subject to hydrolysis) is 1. The van der Waals surface area contributed by atoms with Crippen molar-refractivity contribution < 1.29 is 29.0 Å². The van der Waals surface area contributed by atoms with E-state index < -0.39 is 23.8 Å². The third-order valence-corrected chi connectivity index (χ3v) is 5.18. The Labute approximate surface area is 207 Å². The van der Waals surface area contributed by atoms with Crippen LogP contribution >= 0.6 is 0 Å². The van der Waals surface area contributed by atoms with Gasteiger partial charge in [0.15, 0.2) is 0 Å². The van der Waals surface area contributed by atoms with Gasteiger partial charge >= 0.3 is 6.09 Å². The van der Waals surface area contributed by atoms with Crippen LogP contribution in [0.25, 0.3) is 0 Å². The topological polar surface area (TPSA) is 124 Å². The molecule has 0 spiro atoms. The monoisotopic (exact) mass is 489 g/mol. The highest BCUT2D eigenvalue weighted by atomic mass is 16.6. The molecule has 0 radical (unpaired) electrons. The van der Waals surface area contributed by atoms with E-state index in [1.54, 1.807) is 30.6 Å². The van der Waals surface area contributed by atoms with Crippen LogP contribution in [0.2, 0.25) is 0 Å². The molecule has 1 fully saturated rings. The molecule has 2 rings (SSSR count). The lowest BCUT2D eigenvalue weighted by Crippen LogP contribution is -2.54. The summed E-state index contributed by atoms with van der Waals surface area (Å²) in [6.45, 7) is 10.4. The molecule has 1 aromatic carbocycles. The Balaban J connectivity index is 1.82. The summed E-state index contributed by atoms with van der Waals surface area (Å²) in [6.07, 6.45) is -1.00. The molecule has 194 valence electrons. The average Bonchev–Trinajstić information content (AvgIpc) is 2.79. The Morgan fingerprint density at radius 2 is 1.66 bits per heavy atom. The third-order valence-electron chi connectivity index (χ3n) is 5.18. The summed E-state index contributed by atoms with van der Waals surface area (Å²) < 4.78 is 10.4. The van der Waals surface area contributed by atoms with Crippen LogP contribution < -0.4 is 10.4 Å². The molecule has 1 atom stereocenters. The van der Waals surface area contributed by atoms with Crippen LogP contribution in [0, 0.1) is 5.92 Å². The standard InChI is InChI=1S/C25H38N4O6/c1-18(2)15-20(27-24(33)35-25(3,4)5)22(31)29-13-11-28(12-14-29)21(30)16-26-23(32)34-17-19-9-7-6-8-10-19/h6-10,18,20H,11-17H2,1-5H3,(H,26,32)(H,27,33)/p-1/t20-/m0/s1. The summed E-state index contributed by atoms with van der Waals surface area (Å²) >= 11 is 0. The molecule has 0 unspecified atom stereocenters. The minimum absolute atomic E-state index is 0.119. The lowest BCUT2D eigenvalue weighted by Gasteiger charge is -2.36. The van der Waals surface area contributed by atoms with Gasteiger partial charge in [-0.2, -0.15) is 0 Å². The first-order chi connectivity index (χ1) is 16.4. The molecule has 1 aliphatic heterocycles. The predicted octanol–water partition coefficient (Wildman–Crippen LogP) is 1.53. The fourth-order valence-corrected chi connectivity index (χ4v) is 3.49. The summed E-state index contributed by atoms with van der Waals surface area (Å²) in [5.41, 5.74) is 0.156. The molecule has 0 saturated carbocycles. The summed E-state index contributed by atoms with van der Waals surface area (Å²) in [5, 5.41) is 14.6. The second-order valence-corrected chi connectivity index (χ2v) is 9.88. The van der Waals surface area contributed by atoms with E-state index in [0.717, 1.165) is 5.56 Å². The molecular weight excluding hydrogens is 452 g/mol. The number of carbonyl (C=O) groups excluding carboxylic acids is 3. The van der Waals surface area contributed by atoms with Gasteiger partial charge < -0.3 is 29.7 Å². The first kappa shape index (κ1) is 27.9. The van der Waals surface area contributed by atoms with Gasteiger partial charge in [-0.1, -0.05) is 65.0 Å². The number of rotatable bonds is 8. The number of hydrogen-bond donors (Lipinski definition) is 1. The Bertz CT molecular complexity index is 874. The highest BCUT2D eigenvalue weighted by Gasteiger charge is 2.29. The number of benzene rings is 1. The zero-order chi connectivity index (χ0) is 26.0. The minimum atomic E-state index is -0.826. The molecule has 3 amide bonds. The minimum Gasteiger partial charge on any atom is -0.595 e. The Morgan fingerprint density at radius 3 is 2.23 bits per heavy atom. The summed E-state index contributed by atoms with van der Waals surface area (Å²) in [6, 6.07) is 8.42. The molecule has 1 heterocycles. The number of hydrogen-bond acceptors (Lipinski definition) is 7. The number of carbonyl (C=O) groups is 3. The van der Waals surface area contributed by atoms with Crippen molar-refractivity contribution in [1.29, 1.82) is 0 Å². The SMILES string of the molecule is CC(C)C[C@H](N=C([O-])OC(C)(C)C)C(=O)N1CCN(C(=O)CNC(=O)OCc2ccccc2)CC1. The third kappa shape index (κ3) is 10.2. The van der Waals surface area contributed by atoms with E-state index in [2.05, 4.69) is 10.3 Å². The maximum Gasteiger partial charge on any atom is 0.407 e. The molecule has 35 heavy (non-hydrogen) atoms. The predicted molar refractivity (Wildman–Crippen MR) is 129 cm³/mol. The van der Waals surface area contributed by atoms with Crippen molar-refractivity contribution in [3.63, 3.8) is 0 Å². The maximum atomic E-state index is 13.1. The number of piperazine rings is 1. The van der Waals surface area contributed by atoms with Crippen LogP contribution in [0.3, 0.4) is 0 Å². The van der Waals surface area contributed by atoms with Crippen molar-refractivity contribution in [2.24, 2.45) is 10.9 Å². The number of aliphatic imine (C=N–C) groups is 1. The van der Waals surface area contributed by atoms with Gasteiger partial charge in [0, 0.05) is 31.8 Å². The molecule has 10 heteroatoms. The largest absolute Gasteiger partial charge is 0.595 e. The first-order valence-electron chi connectivity index (χ1n) is 11.9. The molecule has 1 aromatic rings. The number of amides is 3. The zero-order valence-corrected chi connectivity index (χ0v) is 21.3. The van der Waals surface area contributed by atoms with E-state index in [0.29, 0.717) is 32.6 Å². The molecular formula is C25H37N4O6-. The quantitative estimate of drug-likeness (QED) is 0.436. The van der Waals surface area contributed by atoms with Crippen LogP contribution in [-0.2, 0) is 25.7 Å². The van der Waals surface area contributed by atoms with Crippen LogP contribution in [0.4, 0.5) is 4.79 Å². The second-order valence-electron chi connectivity index (χ2n) is 9.88. The summed E-state index contributed by atoms with van der Waals surface area (Å²) in [7, 11) is 0. The van der Waals surface area contributed by atoms with Gasteiger partial charge in [0.05, 0.1) is 0 Å². The van der Waals surface area contributed by atoms with Gasteiger partial charge in [0.25, 0.3) is 0 Å². The van der Waals surface area contributed by atoms with Crippen molar-refractivity contribution in [3.8, 4) is 0 Å². The van der Waals surface area contributed by atoms with Crippen molar-refractivity contribution in [2.45, 2.75) is 59.3 Å². The van der Waals surface area contributed by atoms with Gasteiger partial charge in [-0.25, -0.2) is 4.79 Å². The van der Waals surface area contributed by atoms with Crippen LogP contribution in [0.1, 0.15) is 46.6 Å². The Morgan fingerprint density at radius 1 is 1.06 bits per heavy atom. The zero-order valence-electron chi connectivity index (χ0n) is 21.3. The fourth-order valence-electron chi connectivity index (χ4n) is 3.49. The van der Waals surface area contributed by atoms with Crippen molar-refractivity contribution in [3.05, 3.63) is 35.9 Å². The highest BCUT2D eigenvalue weighted by molar-refractivity contribution is 5.85. The van der Waals surface area contributed by atoms with Crippen LogP contribution in [0.15, 0.2) is 35.3 Å². The molecule has 1 N–H and O–H groups in total. The van der Waals surface area contributed by atoms with E-state index >= 15 is 0 Å². The fraction of sp³-hybridized carbons (Fsp3) is 0.600.